The average Bonchev–Trinajstić information content (AvgIpc) is 3.18. The van der Waals surface area contributed by atoms with Crippen LogP contribution in [0.5, 0.6) is 0 Å². The highest BCUT2D eigenvalue weighted by molar-refractivity contribution is 5.85. The Balaban J connectivity index is 1.88. The Hall–Kier alpha value is -2.83. The highest BCUT2D eigenvalue weighted by Crippen LogP contribution is 2.33. The molecule has 2 aromatic rings. The van der Waals surface area contributed by atoms with Crippen molar-refractivity contribution in [3.05, 3.63) is 59.7 Å². The molecule has 0 fully saturated rings. The van der Waals surface area contributed by atoms with E-state index < -0.39 is 6.04 Å². The van der Waals surface area contributed by atoms with Gasteiger partial charge in [0.2, 0.25) is 5.91 Å². The smallest absolute Gasteiger partial charge is 0.318 e. The molecule has 0 saturated heterocycles. The van der Waals surface area contributed by atoms with Gasteiger partial charge in [0.25, 0.3) is 0 Å². The van der Waals surface area contributed by atoms with E-state index in [9.17, 15) is 14.0 Å². The molecule has 29 heavy (non-hydrogen) atoms. The van der Waals surface area contributed by atoms with Crippen molar-refractivity contribution >= 4 is 11.9 Å². The van der Waals surface area contributed by atoms with Crippen molar-refractivity contribution in [2.45, 2.75) is 45.8 Å². The molecule has 0 spiro atoms. The summed E-state index contributed by atoms with van der Waals surface area (Å²) in [6.07, 6.45) is 2.77. The lowest BCUT2D eigenvalue weighted by Crippen LogP contribution is -2.52. The van der Waals surface area contributed by atoms with Gasteiger partial charge in [0.1, 0.15) is 18.4 Å². The normalized spacial score (nSPS) is 15.9. The number of nitrogens with zero attached hydrogens (tertiary/aromatic N) is 3. The topological polar surface area (TPSA) is 57.6 Å². The van der Waals surface area contributed by atoms with Crippen molar-refractivity contribution in [1.82, 2.24) is 19.7 Å². The van der Waals surface area contributed by atoms with Gasteiger partial charge in [0, 0.05) is 43.1 Å². The largest absolute Gasteiger partial charge is 0.348 e. The molecule has 156 valence electrons. The standard InChI is InChI=1S/C22H29FN4O2/c1-4-11-24-22(29)27(16(2)3)15-20(28)26-14-13-25-12-7-10-19(25)21(26)17-8-5-6-9-18(17)23/h5-10,12,16,21H,4,11,13-15H2,1-3H3,(H,24,29)/t21-/m0/s1. The first kappa shape index (κ1) is 20.9. The maximum atomic E-state index is 14.6. The van der Waals surface area contributed by atoms with Gasteiger partial charge in [0.05, 0.1) is 0 Å². The lowest BCUT2D eigenvalue weighted by molar-refractivity contribution is -0.134. The predicted molar refractivity (Wildman–Crippen MR) is 110 cm³/mol. The zero-order chi connectivity index (χ0) is 21.0. The molecule has 1 aromatic heterocycles. The second kappa shape index (κ2) is 9.11. The molecular weight excluding hydrogens is 371 g/mol. The fraction of sp³-hybridized carbons (Fsp3) is 0.455. The summed E-state index contributed by atoms with van der Waals surface area (Å²) < 4.78 is 16.7. The van der Waals surface area contributed by atoms with E-state index in [4.69, 9.17) is 0 Å². The maximum absolute atomic E-state index is 14.6. The van der Waals surface area contributed by atoms with Crippen LogP contribution in [-0.4, -0.2) is 52.0 Å². The van der Waals surface area contributed by atoms with Crippen molar-refractivity contribution in [1.29, 1.82) is 0 Å². The minimum atomic E-state index is -0.514. The summed E-state index contributed by atoms with van der Waals surface area (Å²) in [5, 5.41) is 2.84. The Morgan fingerprint density at radius 3 is 2.66 bits per heavy atom. The van der Waals surface area contributed by atoms with E-state index in [0.29, 0.717) is 25.2 Å². The number of aromatic nitrogens is 1. The molecule has 3 rings (SSSR count). The number of urea groups is 1. The summed E-state index contributed by atoms with van der Waals surface area (Å²) in [4.78, 5) is 29.0. The number of hydrogen-bond donors (Lipinski definition) is 1. The van der Waals surface area contributed by atoms with Crippen molar-refractivity contribution in [2.24, 2.45) is 0 Å². The fourth-order valence-electron chi connectivity index (χ4n) is 3.74. The molecule has 6 nitrogen and oxygen atoms in total. The number of benzene rings is 1. The number of nitrogens with one attached hydrogen (secondary N) is 1. The third kappa shape index (κ3) is 4.44. The SMILES string of the molecule is CCCNC(=O)N(CC(=O)N1CCn2cccc2[C@@H]1c1ccccc1F)C(C)C. The Bertz CT molecular complexity index is 864. The van der Waals surface area contributed by atoms with E-state index in [1.165, 1.54) is 11.0 Å². The van der Waals surface area contributed by atoms with Crippen LogP contribution in [0.1, 0.15) is 44.5 Å². The Kier molecular flexibility index (Phi) is 6.56. The van der Waals surface area contributed by atoms with Gasteiger partial charge >= 0.3 is 6.03 Å². The van der Waals surface area contributed by atoms with Gasteiger partial charge in [-0.05, 0) is 38.5 Å². The van der Waals surface area contributed by atoms with Gasteiger partial charge < -0.3 is 19.7 Å². The summed E-state index contributed by atoms with van der Waals surface area (Å²) in [7, 11) is 0. The first-order valence-electron chi connectivity index (χ1n) is 10.2. The van der Waals surface area contributed by atoms with Crippen molar-refractivity contribution in [2.75, 3.05) is 19.6 Å². The second-order valence-electron chi connectivity index (χ2n) is 7.59. The third-order valence-corrected chi connectivity index (χ3v) is 5.27. The number of rotatable bonds is 6. The van der Waals surface area contributed by atoms with Crippen LogP contribution in [0.2, 0.25) is 0 Å². The van der Waals surface area contributed by atoms with E-state index in [1.807, 2.05) is 39.1 Å². The van der Waals surface area contributed by atoms with Gasteiger partial charge in [0.15, 0.2) is 0 Å². The van der Waals surface area contributed by atoms with Crippen molar-refractivity contribution < 1.29 is 14.0 Å². The van der Waals surface area contributed by atoms with E-state index in [-0.39, 0.29) is 30.3 Å². The van der Waals surface area contributed by atoms with Crippen LogP contribution in [0.3, 0.4) is 0 Å². The minimum Gasteiger partial charge on any atom is -0.348 e. The van der Waals surface area contributed by atoms with Crippen LogP contribution in [0, 0.1) is 5.82 Å². The monoisotopic (exact) mass is 400 g/mol. The molecule has 1 aromatic carbocycles. The van der Waals surface area contributed by atoms with Crippen LogP contribution < -0.4 is 5.32 Å². The Labute approximate surface area is 171 Å². The van der Waals surface area contributed by atoms with E-state index in [2.05, 4.69) is 9.88 Å². The number of amides is 3. The quantitative estimate of drug-likeness (QED) is 0.808. The highest BCUT2D eigenvalue weighted by atomic mass is 19.1. The van der Waals surface area contributed by atoms with Crippen LogP contribution in [0.4, 0.5) is 9.18 Å². The summed E-state index contributed by atoms with van der Waals surface area (Å²) in [5.74, 6) is -0.530. The molecule has 1 aliphatic heterocycles. The highest BCUT2D eigenvalue weighted by Gasteiger charge is 2.35. The van der Waals surface area contributed by atoms with Gasteiger partial charge in [-0.1, -0.05) is 25.1 Å². The summed E-state index contributed by atoms with van der Waals surface area (Å²) in [6, 6.07) is 9.50. The van der Waals surface area contributed by atoms with Crippen LogP contribution in [-0.2, 0) is 11.3 Å². The van der Waals surface area contributed by atoms with Gasteiger partial charge in [-0.3, -0.25) is 4.79 Å². The summed E-state index contributed by atoms with van der Waals surface area (Å²) in [5.41, 5.74) is 1.34. The van der Waals surface area contributed by atoms with Gasteiger partial charge in [-0.2, -0.15) is 0 Å². The molecule has 0 radical (unpaired) electrons. The maximum Gasteiger partial charge on any atom is 0.318 e. The van der Waals surface area contributed by atoms with Crippen molar-refractivity contribution in [3.8, 4) is 0 Å². The number of halogens is 1. The van der Waals surface area contributed by atoms with Crippen molar-refractivity contribution in [3.63, 3.8) is 0 Å². The second-order valence-corrected chi connectivity index (χ2v) is 7.59. The first-order valence-corrected chi connectivity index (χ1v) is 10.2. The molecule has 1 aliphatic rings. The molecular formula is C22H29FN4O2. The number of fused-ring (bicyclic) bond motifs is 1. The molecule has 0 saturated carbocycles. The van der Waals surface area contributed by atoms with Gasteiger partial charge in [-0.25, -0.2) is 9.18 Å². The Morgan fingerprint density at radius 2 is 1.97 bits per heavy atom. The zero-order valence-corrected chi connectivity index (χ0v) is 17.3. The molecule has 1 N–H and O–H groups in total. The average molecular weight is 400 g/mol. The van der Waals surface area contributed by atoms with Crippen LogP contribution in [0.25, 0.3) is 0 Å². The predicted octanol–water partition coefficient (Wildman–Crippen LogP) is 3.39. The fourth-order valence-corrected chi connectivity index (χ4v) is 3.74. The number of hydrogen-bond acceptors (Lipinski definition) is 2. The molecule has 0 bridgehead atoms. The van der Waals surface area contributed by atoms with E-state index >= 15 is 0 Å². The van der Waals surface area contributed by atoms with E-state index in [0.717, 1.165) is 12.1 Å². The molecule has 3 amide bonds. The number of carbonyl (C=O) groups excluding carboxylic acids is 2. The molecule has 1 atom stereocenters. The van der Waals surface area contributed by atoms with Gasteiger partial charge in [-0.15, -0.1) is 0 Å². The number of carbonyl (C=O) groups is 2. The summed E-state index contributed by atoms with van der Waals surface area (Å²) in [6.45, 7) is 7.37. The lowest BCUT2D eigenvalue weighted by atomic mass is 9.99. The molecule has 2 heterocycles. The third-order valence-electron chi connectivity index (χ3n) is 5.27. The first-order chi connectivity index (χ1) is 13.9. The molecule has 0 aliphatic carbocycles. The Morgan fingerprint density at radius 1 is 1.21 bits per heavy atom. The lowest BCUT2D eigenvalue weighted by Gasteiger charge is -2.39. The van der Waals surface area contributed by atoms with Crippen LogP contribution >= 0.6 is 0 Å². The van der Waals surface area contributed by atoms with E-state index in [1.54, 1.807) is 23.1 Å². The molecule has 7 heteroatoms. The minimum absolute atomic E-state index is 0.0428. The zero-order valence-electron chi connectivity index (χ0n) is 17.3. The molecule has 0 unspecified atom stereocenters. The summed E-state index contributed by atoms with van der Waals surface area (Å²) >= 11 is 0. The van der Waals surface area contributed by atoms with Crippen LogP contribution in [0.15, 0.2) is 42.6 Å².